The third-order valence-corrected chi connectivity index (χ3v) is 6.70. The first kappa shape index (κ1) is 22.3. The molecule has 1 aliphatic carbocycles. The summed E-state index contributed by atoms with van der Waals surface area (Å²) < 4.78 is 11.0. The quantitative estimate of drug-likeness (QED) is 0.400. The molecular weight excluding hydrogens is 398 g/mol. The van der Waals surface area contributed by atoms with Gasteiger partial charge in [0.15, 0.2) is 0 Å². The molecule has 5 nitrogen and oxygen atoms in total. The first-order valence-corrected chi connectivity index (χ1v) is 11.7. The van der Waals surface area contributed by atoms with Crippen molar-refractivity contribution in [1.29, 1.82) is 0 Å². The molecule has 0 spiro atoms. The van der Waals surface area contributed by atoms with Gasteiger partial charge in [0.25, 0.3) is 5.91 Å². The molecule has 1 aromatic heterocycles. The van der Waals surface area contributed by atoms with E-state index in [2.05, 4.69) is 19.2 Å². The van der Waals surface area contributed by atoms with E-state index in [4.69, 9.17) is 9.47 Å². The molecule has 162 valence electrons. The highest BCUT2D eigenvalue weighted by Crippen LogP contribution is 2.41. The number of hydrogen-bond donors (Lipinski definition) is 1. The van der Waals surface area contributed by atoms with Gasteiger partial charge in [-0.05, 0) is 68.4 Å². The molecule has 1 heterocycles. The number of anilines is 1. The van der Waals surface area contributed by atoms with E-state index in [-0.39, 0.29) is 11.9 Å². The zero-order valence-corrected chi connectivity index (χ0v) is 18.9. The fourth-order valence-electron chi connectivity index (χ4n) is 3.72. The Morgan fingerprint density at radius 3 is 2.60 bits per heavy atom. The molecule has 30 heavy (non-hydrogen) atoms. The topological polar surface area (TPSA) is 64.6 Å². The number of nitrogens with one attached hydrogen (secondary N) is 1. The molecule has 1 aliphatic rings. The van der Waals surface area contributed by atoms with Crippen molar-refractivity contribution in [2.24, 2.45) is 5.92 Å². The Morgan fingerprint density at radius 1 is 1.17 bits per heavy atom. The first-order chi connectivity index (χ1) is 14.6. The average molecular weight is 430 g/mol. The Balaban J connectivity index is 1.78. The number of unbranched alkanes of at least 4 members (excludes halogenated alkanes) is 1. The van der Waals surface area contributed by atoms with Crippen LogP contribution in [0.2, 0.25) is 0 Å². The van der Waals surface area contributed by atoms with E-state index in [0.29, 0.717) is 35.3 Å². The van der Waals surface area contributed by atoms with Gasteiger partial charge in [0.1, 0.15) is 10.8 Å². The molecule has 6 heteroatoms. The van der Waals surface area contributed by atoms with Crippen LogP contribution in [0.1, 0.15) is 77.6 Å². The molecular formula is C24H31NO4S. The zero-order chi connectivity index (χ0) is 21.5. The van der Waals surface area contributed by atoms with Gasteiger partial charge in [-0.25, -0.2) is 4.79 Å². The number of amides is 1. The third kappa shape index (κ3) is 5.22. The Kier molecular flexibility index (Phi) is 7.91. The number of hydrogen-bond acceptors (Lipinski definition) is 5. The summed E-state index contributed by atoms with van der Waals surface area (Å²) in [5.41, 5.74) is 2.13. The summed E-state index contributed by atoms with van der Waals surface area (Å²) in [6, 6.07) is 7.12. The minimum Gasteiger partial charge on any atom is -0.494 e. The van der Waals surface area contributed by atoms with Crippen LogP contribution < -0.4 is 10.1 Å². The number of thiophene rings is 1. The number of fused-ring (bicyclic) bond motifs is 1. The molecule has 0 bridgehead atoms. The summed E-state index contributed by atoms with van der Waals surface area (Å²) in [5.74, 6) is 0.811. The van der Waals surface area contributed by atoms with Gasteiger partial charge in [-0.2, -0.15) is 0 Å². The van der Waals surface area contributed by atoms with Crippen LogP contribution in [0, 0.1) is 5.92 Å². The Morgan fingerprint density at radius 2 is 1.93 bits per heavy atom. The largest absolute Gasteiger partial charge is 0.494 e. The lowest BCUT2D eigenvalue weighted by atomic mass is 9.85. The van der Waals surface area contributed by atoms with Gasteiger partial charge in [-0.3, -0.25) is 4.79 Å². The molecule has 3 rings (SSSR count). The molecule has 1 N–H and O–H groups in total. The first-order valence-electron chi connectivity index (χ1n) is 10.9. The molecule has 0 radical (unpaired) electrons. The molecule has 1 amide bonds. The summed E-state index contributed by atoms with van der Waals surface area (Å²) in [6.07, 6.45) is 6.09. The van der Waals surface area contributed by atoms with Gasteiger partial charge in [-0.1, -0.05) is 26.7 Å². The van der Waals surface area contributed by atoms with E-state index < -0.39 is 0 Å². The number of ether oxygens (including phenoxy) is 2. The van der Waals surface area contributed by atoms with Gasteiger partial charge < -0.3 is 14.8 Å². The van der Waals surface area contributed by atoms with Crippen LogP contribution in [0.15, 0.2) is 24.3 Å². The molecule has 1 aromatic carbocycles. The van der Waals surface area contributed by atoms with E-state index >= 15 is 0 Å². The predicted molar refractivity (Wildman–Crippen MR) is 121 cm³/mol. The summed E-state index contributed by atoms with van der Waals surface area (Å²) in [4.78, 5) is 26.7. The summed E-state index contributed by atoms with van der Waals surface area (Å²) >= 11 is 1.52. The number of carbonyl (C=O) groups excluding carboxylic acids is 2. The van der Waals surface area contributed by atoms with Crippen LogP contribution in [0.3, 0.4) is 0 Å². The smallest absolute Gasteiger partial charge is 0.341 e. The second kappa shape index (κ2) is 10.6. The van der Waals surface area contributed by atoms with Crippen molar-refractivity contribution < 1.29 is 19.1 Å². The summed E-state index contributed by atoms with van der Waals surface area (Å²) in [6.45, 7) is 7.10. The van der Waals surface area contributed by atoms with Crippen molar-refractivity contribution in [2.45, 2.75) is 59.3 Å². The second-order valence-electron chi connectivity index (χ2n) is 7.63. The normalized spacial score (nSPS) is 15.4. The number of esters is 1. The molecule has 0 fully saturated rings. The molecule has 2 aromatic rings. The fraction of sp³-hybridized carbons (Fsp3) is 0.500. The lowest BCUT2D eigenvalue weighted by Gasteiger charge is -2.20. The van der Waals surface area contributed by atoms with Gasteiger partial charge in [0.2, 0.25) is 0 Å². The lowest BCUT2D eigenvalue weighted by molar-refractivity contribution is 0.0526. The van der Waals surface area contributed by atoms with Crippen LogP contribution in [0.25, 0.3) is 0 Å². The van der Waals surface area contributed by atoms with Crippen molar-refractivity contribution in [2.75, 3.05) is 18.5 Å². The number of benzene rings is 1. The Labute approximate surface area is 182 Å². The number of carbonyl (C=O) groups is 2. The van der Waals surface area contributed by atoms with E-state index in [1.54, 1.807) is 19.1 Å². The van der Waals surface area contributed by atoms with Crippen LogP contribution in [-0.4, -0.2) is 25.1 Å². The van der Waals surface area contributed by atoms with Crippen molar-refractivity contribution in [3.63, 3.8) is 0 Å². The maximum Gasteiger partial charge on any atom is 0.341 e. The Hall–Kier alpha value is -2.34. The van der Waals surface area contributed by atoms with E-state index in [0.717, 1.165) is 49.8 Å². The van der Waals surface area contributed by atoms with Gasteiger partial charge in [0, 0.05) is 10.4 Å². The SMILES string of the molecule is CCCCOc1ccc(C(=O)Nc2sc3c(c2C(=O)OCC)CC[C@H](CC)C3)cc1. The summed E-state index contributed by atoms with van der Waals surface area (Å²) in [7, 11) is 0. The fourth-order valence-corrected chi connectivity index (χ4v) is 5.07. The molecule has 0 unspecified atom stereocenters. The average Bonchev–Trinajstić information content (AvgIpc) is 3.11. The molecule has 1 atom stereocenters. The monoisotopic (exact) mass is 429 g/mol. The van der Waals surface area contributed by atoms with Crippen molar-refractivity contribution >= 4 is 28.2 Å². The second-order valence-corrected chi connectivity index (χ2v) is 8.73. The highest BCUT2D eigenvalue weighted by atomic mass is 32.1. The molecule has 0 saturated heterocycles. The highest BCUT2D eigenvalue weighted by molar-refractivity contribution is 7.17. The minimum absolute atomic E-state index is 0.230. The molecule has 0 saturated carbocycles. The number of rotatable bonds is 9. The molecule has 0 aliphatic heterocycles. The maximum absolute atomic E-state index is 12.9. The van der Waals surface area contributed by atoms with Crippen LogP contribution in [-0.2, 0) is 17.6 Å². The minimum atomic E-state index is -0.347. The standard InChI is InChI=1S/C24H31NO4S/c1-4-7-14-29-18-11-9-17(10-12-18)22(26)25-23-21(24(27)28-6-3)19-13-8-16(5-2)15-20(19)30-23/h9-12,16H,4-8,13-15H2,1-3H3,(H,25,26)/t16-/m0/s1. The van der Waals surface area contributed by atoms with Gasteiger partial charge >= 0.3 is 5.97 Å². The highest BCUT2D eigenvalue weighted by Gasteiger charge is 2.30. The van der Waals surface area contributed by atoms with E-state index in [1.165, 1.54) is 16.2 Å². The van der Waals surface area contributed by atoms with Crippen LogP contribution in [0.4, 0.5) is 5.00 Å². The van der Waals surface area contributed by atoms with Crippen molar-refractivity contribution in [3.05, 3.63) is 45.8 Å². The lowest BCUT2D eigenvalue weighted by Crippen LogP contribution is -2.17. The van der Waals surface area contributed by atoms with E-state index in [9.17, 15) is 9.59 Å². The zero-order valence-electron chi connectivity index (χ0n) is 18.1. The van der Waals surface area contributed by atoms with E-state index in [1.807, 2.05) is 12.1 Å². The Bertz CT molecular complexity index is 872. The van der Waals surface area contributed by atoms with Gasteiger partial charge in [0.05, 0.1) is 18.8 Å². The van der Waals surface area contributed by atoms with Crippen molar-refractivity contribution in [3.8, 4) is 5.75 Å². The van der Waals surface area contributed by atoms with Crippen LogP contribution >= 0.6 is 11.3 Å². The maximum atomic E-state index is 12.9. The van der Waals surface area contributed by atoms with Crippen LogP contribution in [0.5, 0.6) is 5.75 Å². The third-order valence-electron chi connectivity index (χ3n) is 5.53. The predicted octanol–water partition coefficient (Wildman–Crippen LogP) is 5.87. The van der Waals surface area contributed by atoms with Gasteiger partial charge in [-0.15, -0.1) is 11.3 Å². The van der Waals surface area contributed by atoms with Crippen molar-refractivity contribution in [1.82, 2.24) is 0 Å². The summed E-state index contributed by atoms with van der Waals surface area (Å²) in [5, 5.41) is 3.57.